The first-order valence-corrected chi connectivity index (χ1v) is 12.9. The third-order valence-corrected chi connectivity index (χ3v) is 7.46. The number of ether oxygens (including phenoxy) is 2. The lowest BCUT2D eigenvalue weighted by Crippen LogP contribution is -2.33. The van der Waals surface area contributed by atoms with Crippen LogP contribution in [0.2, 0.25) is 0 Å². The van der Waals surface area contributed by atoms with Gasteiger partial charge < -0.3 is 9.47 Å². The Balaban J connectivity index is 1.82. The van der Waals surface area contributed by atoms with Gasteiger partial charge in [-0.15, -0.1) is 0 Å². The molecule has 0 heterocycles. The molecule has 0 saturated carbocycles. The third kappa shape index (κ3) is 5.69. The predicted molar refractivity (Wildman–Crippen MR) is 151 cm³/mol. The van der Waals surface area contributed by atoms with Crippen molar-refractivity contribution < 1.29 is 19.1 Å². The van der Waals surface area contributed by atoms with Gasteiger partial charge in [0.2, 0.25) is 0 Å². The van der Waals surface area contributed by atoms with Crippen molar-refractivity contribution in [1.82, 2.24) is 0 Å². The first-order chi connectivity index (χ1) is 17.5. The lowest BCUT2D eigenvalue weighted by atomic mass is 9.63. The highest BCUT2D eigenvalue weighted by molar-refractivity contribution is 5.97. The molecule has 0 unspecified atom stereocenters. The van der Waals surface area contributed by atoms with E-state index in [1.165, 1.54) is 41.5 Å². The van der Waals surface area contributed by atoms with Gasteiger partial charge in [-0.3, -0.25) is 0 Å². The predicted octanol–water partition coefficient (Wildman–Crippen LogP) is 7.64. The number of hydrogen-bond donors (Lipinski definition) is 0. The minimum atomic E-state index is -0.442. The van der Waals surface area contributed by atoms with Crippen LogP contribution in [0.1, 0.15) is 80.1 Å². The molecule has 0 aliphatic heterocycles. The summed E-state index contributed by atoms with van der Waals surface area (Å²) in [4.78, 5) is 24.2. The molecule has 3 aromatic carbocycles. The van der Waals surface area contributed by atoms with Crippen molar-refractivity contribution in [3.8, 4) is 0 Å². The zero-order valence-corrected chi connectivity index (χ0v) is 22.7. The maximum absolute atomic E-state index is 12.3. The van der Waals surface area contributed by atoms with Gasteiger partial charge in [-0.2, -0.15) is 0 Å². The Kier molecular flexibility index (Phi) is 7.40. The molecule has 0 bridgehead atoms. The van der Waals surface area contributed by atoms with Crippen LogP contribution in [0.3, 0.4) is 0 Å². The molecule has 0 aromatic heterocycles. The molecule has 0 spiro atoms. The molecule has 1 aliphatic carbocycles. The Morgan fingerprint density at radius 1 is 0.838 bits per heavy atom. The quantitative estimate of drug-likeness (QED) is 0.152. The smallest absolute Gasteiger partial charge is 0.338 e. The van der Waals surface area contributed by atoms with Gasteiger partial charge in [-0.25, -0.2) is 9.59 Å². The van der Waals surface area contributed by atoms with Crippen LogP contribution >= 0.6 is 0 Å². The standard InChI is InChI=1S/C33H36O4/c1-7-37-31(35)26-10-8-9-23(19-26)24(13-14-30(34)36-6)17-22-11-12-25-20-28-29(21-27(25)18-22)33(4,5)16-15-32(28,2)3/h8-14,17-21H,7,15-16H2,1-6H3. The Labute approximate surface area is 220 Å². The Bertz CT molecular complexity index is 1410. The monoisotopic (exact) mass is 496 g/mol. The fourth-order valence-electron chi connectivity index (χ4n) is 5.09. The van der Waals surface area contributed by atoms with Gasteiger partial charge >= 0.3 is 11.9 Å². The zero-order chi connectivity index (χ0) is 26.8. The summed E-state index contributed by atoms with van der Waals surface area (Å²) in [7, 11) is 1.35. The topological polar surface area (TPSA) is 52.6 Å². The third-order valence-electron chi connectivity index (χ3n) is 7.46. The highest BCUT2D eigenvalue weighted by atomic mass is 16.5. The largest absolute Gasteiger partial charge is 0.466 e. The molecule has 3 aromatic rings. The maximum Gasteiger partial charge on any atom is 0.338 e. The number of hydrogen-bond acceptors (Lipinski definition) is 4. The molecule has 4 heteroatoms. The number of benzene rings is 3. The number of methoxy groups -OCH3 is 1. The molecule has 4 rings (SSSR count). The molecule has 0 saturated heterocycles. The van der Waals surface area contributed by atoms with Gasteiger partial charge in [0, 0.05) is 6.08 Å². The fourth-order valence-corrected chi connectivity index (χ4v) is 5.09. The summed E-state index contributed by atoms with van der Waals surface area (Å²) in [6, 6.07) is 18.4. The van der Waals surface area contributed by atoms with E-state index in [1.54, 1.807) is 25.1 Å². The second-order valence-electron chi connectivity index (χ2n) is 11.0. The van der Waals surface area contributed by atoms with E-state index in [4.69, 9.17) is 9.47 Å². The SMILES string of the molecule is CCOC(=O)c1cccc(C(C=CC(=O)OC)=Cc2ccc3cc4c(cc3c2)C(C)(C)CCC4(C)C)c1. The minimum absolute atomic E-state index is 0.132. The number of carbonyl (C=O) groups excluding carboxylic acids is 2. The number of fused-ring (bicyclic) bond motifs is 2. The molecule has 37 heavy (non-hydrogen) atoms. The first-order valence-electron chi connectivity index (χ1n) is 12.9. The van der Waals surface area contributed by atoms with Gasteiger partial charge in [0.15, 0.2) is 0 Å². The molecular weight excluding hydrogens is 460 g/mol. The molecule has 1 aliphatic rings. The summed E-state index contributed by atoms with van der Waals surface area (Å²) in [5.74, 6) is -0.816. The second-order valence-corrected chi connectivity index (χ2v) is 11.0. The van der Waals surface area contributed by atoms with Gasteiger partial charge in [0.1, 0.15) is 0 Å². The van der Waals surface area contributed by atoms with Crippen molar-refractivity contribution in [1.29, 1.82) is 0 Å². The molecule has 192 valence electrons. The van der Waals surface area contributed by atoms with Crippen LogP contribution in [0, 0.1) is 0 Å². The average molecular weight is 497 g/mol. The van der Waals surface area contributed by atoms with E-state index in [-0.39, 0.29) is 16.8 Å². The number of carbonyl (C=O) groups is 2. The molecule has 0 N–H and O–H groups in total. The van der Waals surface area contributed by atoms with E-state index in [9.17, 15) is 9.59 Å². The van der Waals surface area contributed by atoms with Gasteiger partial charge in [0.25, 0.3) is 0 Å². The van der Waals surface area contributed by atoms with Crippen molar-refractivity contribution in [2.24, 2.45) is 0 Å². The molecule has 0 atom stereocenters. The van der Waals surface area contributed by atoms with E-state index >= 15 is 0 Å². The molecule has 0 amide bonds. The molecule has 0 radical (unpaired) electrons. The van der Waals surface area contributed by atoms with Crippen LogP contribution in [0.15, 0.2) is 66.7 Å². The van der Waals surface area contributed by atoms with E-state index in [0.717, 1.165) is 23.1 Å². The van der Waals surface area contributed by atoms with Crippen LogP contribution < -0.4 is 0 Å². The van der Waals surface area contributed by atoms with E-state index in [2.05, 4.69) is 58.0 Å². The molecule has 0 fully saturated rings. The highest BCUT2D eigenvalue weighted by Crippen LogP contribution is 2.47. The van der Waals surface area contributed by atoms with Crippen molar-refractivity contribution in [2.45, 2.75) is 58.3 Å². The number of rotatable bonds is 6. The highest BCUT2D eigenvalue weighted by Gasteiger charge is 2.37. The van der Waals surface area contributed by atoms with Crippen molar-refractivity contribution in [3.05, 3.63) is 94.6 Å². The van der Waals surface area contributed by atoms with Gasteiger partial charge in [0.05, 0.1) is 19.3 Å². The van der Waals surface area contributed by atoms with Gasteiger partial charge in [-0.05, 0) is 99.5 Å². The Morgan fingerprint density at radius 2 is 1.49 bits per heavy atom. The summed E-state index contributed by atoms with van der Waals surface area (Å²) in [6.07, 6.45) is 7.48. The van der Waals surface area contributed by atoms with E-state index in [0.29, 0.717) is 12.2 Å². The summed E-state index contributed by atoms with van der Waals surface area (Å²) in [5, 5.41) is 2.41. The first kappa shape index (κ1) is 26.4. The summed E-state index contributed by atoms with van der Waals surface area (Å²) >= 11 is 0. The molecule has 4 nitrogen and oxygen atoms in total. The summed E-state index contributed by atoms with van der Waals surface area (Å²) in [6.45, 7) is 11.4. The lowest BCUT2D eigenvalue weighted by Gasteiger charge is -2.42. The average Bonchev–Trinajstić information content (AvgIpc) is 2.88. The molecular formula is C33H36O4. The van der Waals surface area contributed by atoms with Crippen LogP contribution in [-0.2, 0) is 25.1 Å². The lowest BCUT2D eigenvalue weighted by molar-refractivity contribution is -0.134. The van der Waals surface area contributed by atoms with Crippen molar-refractivity contribution in [3.63, 3.8) is 0 Å². The summed E-state index contributed by atoms with van der Waals surface area (Å²) < 4.78 is 9.97. The van der Waals surface area contributed by atoms with Crippen LogP contribution in [0.5, 0.6) is 0 Å². The normalized spacial score (nSPS) is 16.4. The van der Waals surface area contributed by atoms with Gasteiger partial charge in [-0.1, -0.05) is 64.1 Å². The number of allylic oxidation sites excluding steroid dienone is 2. The Hall–Kier alpha value is -3.66. The second kappa shape index (κ2) is 10.4. The van der Waals surface area contributed by atoms with Crippen molar-refractivity contribution >= 4 is 34.4 Å². The Morgan fingerprint density at radius 3 is 2.14 bits per heavy atom. The van der Waals surface area contributed by atoms with Crippen LogP contribution in [-0.4, -0.2) is 25.7 Å². The number of esters is 2. The zero-order valence-electron chi connectivity index (χ0n) is 22.7. The van der Waals surface area contributed by atoms with Crippen LogP contribution in [0.4, 0.5) is 0 Å². The summed E-state index contributed by atoms with van der Waals surface area (Å²) in [5.41, 5.74) is 6.22. The van der Waals surface area contributed by atoms with E-state index < -0.39 is 5.97 Å². The van der Waals surface area contributed by atoms with E-state index in [1.807, 2.05) is 18.2 Å². The van der Waals surface area contributed by atoms with Crippen molar-refractivity contribution in [2.75, 3.05) is 13.7 Å². The maximum atomic E-state index is 12.3. The fraction of sp³-hybridized carbons (Fsp3) is 0.333. The van der Waals surface area contributed by atoms with Crippen LogP contribution in [0.25, 0.3) is 22.4 Å². The minimum Gasteiger partial charge on any atom is -0.466 e.